The molecule has 2 amide bonds. The highest BCUT2D eigenvalue weighted by atomic mass is 31.2. The van der Waals surface area contributed by atoms with Gasteiger partial charge in [0.2, 0.25) is 5.91 Å². The maximum absolute atomic E-state index is 12.6. The van der Waals surface area contributed by atoms with E-state index in [4.69, 9.17) is 18.9 Å². The first-order chi connectivity index (χ1) is 23.7. The highest BCUT2D eigenvalue weighted by molar-refractivity contribution is 7.51. The molecule has 0 saturated heterocycles. The lowest BCUT2D eigenvalue weighted by molar-refractivity contribution is -0.122. The van der Waals surface area contributed by atoms with Crippen molar-refractivity contribution in [2.45, 2.75) is 143 Å². The summed E-state index contributed by atoms with van der Waals surface area (Å²) >= 11 is 0. The minimum atomic E-state index is -3.39. The number of nitrogens with one attached hydrogen (secondary N) is 2. The van der Waals surface area contributed by atoms with E-state index in [2.05, 4.69) is 51.3 Å². The lowest BCUT2D eigenvalue weighted by Crippen LogP contribution is -2.51. The third-order valence-corrected chi connectivity index (χ3v) is 13.9. The Morgan fingerprint density at radius 3 is 2.46 bits per heavy atom. The highest BCUT2D eigenvalue weighted by Gasteiger charge is 2.59. The van der Waals surface area contributed by atoms with E-state index in [9.17, 15) is 14.2 Å². The first-order valence-corrected chi connectivity index (χ1v) is 22.2. The molecule has 50 heavy (non-hydrogen) atoms. The predicted octanol–water partition coefficient (Wildman–Crippen LogP) is 9.04. The van der Waals surface area contributed by atoms with Crippen molar-refractivity contribution < 1.29 is 33.0 Å². The van der Waals surface area contributed by atoms with E-state index < -0.39 is 7.60 Å². The second-order valence-corrected chi connectivity index (χ2v) is 19.1. The van der Waals surface area contributed by atoms with Gasteiger partial charge in [0, 0.05) is 32.6 Å². The molecule has 0 aromatic carbocycles. The number of amides is 2. The lowest BCUT2D eigenvalue weighted by Gasteiger charge is -2.58. The maximum Gasteiger partial charge on any atom is 0.407 e. The zero-order valence-electron chi connectivity index (χ0n) is 32.3. The Kier molecular flexibility index (Phi) is 15.8. The zero-order chi connectivity index (χ0) is 36.4. The van der Waals surface area contributed by atoms with Crippen LogP contribution in [-0.2, 0) is 23.4 Å². The van der Waals surface area contributed by atoms with Gasteiger partial charge in [0.25, 0.3) is 0 Å². The number of ether oxygens (including phenoxy) is 2. The Balaban J connectivity index is 1.09. The van der Waals surface area contributed by atoms with Crippen molar-refractivity contribution in [2.24, 2.45) is 46.3 Å². The molecule has 3 N–H and O–H groups in total. The van der Waals surface area contributed by atoms with Crippen LogP contribution in [0.4, 0.5) is 4.79 Å². The molecule has 0 aromatic heterocycles. The van der Waals surface area contributed by atoms with Gasteiger partial charge in [-0.3, -0.25) is 9.36 Å². The standard InChI is InChI=1S/C40H71N2O7P/c1-29(2)12-11-13-30(3)34-16-17-35-33-15-14-31-28-32(18-21-39(31,4)36(33)19-22-40(34,35)5)49-38(44)42-24-27-47-26-20-37(43)41-23-9-7-8-10-25-48-50(6,45)46/h14,29-30,32-36H,7-13,15-28H2,1-6H3,(H,41,43)(H,42,44)(H,45,46)/t30-,32+,33+,34-,35+,36+,39+,40-/m1/s1. The normalized spacial score (nSPS) is 32.2. The average molecular weight is 723 g/mol. The molecule has 4 aliphatic rings. The molecule has 288 valence electrons. The molecule has 9 atom stereocenters. The van der Waals surface area contributed by atoms with Gasteiger partial charge >= 0.3 is 13.7 Å². The van der Waals surface area contributed by atoms with Crippen molar-refractivity contribution in [1.82, 2.24) is 10.6 Å². The number of hydrogen-bond donors (Lipinski definition) is 3. The monoisotopic (exact) mass is 722 g/mol. The van der Waals surface area contributed by atoms with Gasteiger partial charge in [0.15, 0.2) is 0 Å². The van der Waals surface area contributed by atoms with Crippen LogP contribution < -0.4 is 10.6 Å². The molecule has 10 heteroatoms. The van der Waals surface area contributed by atoms with Gasteiger partial charge in [-0.1, -0.05) is 78.4 Å². The van der Waals surface area contributed by atoms with Gasteiger partial charge in [-0.15, -0.1) is 0 Å². The van der Waals surface area contributed by atoms with Crippen LogP contribution in [-0.4, -0.2) is 62.6 Å². The summed E-state index contributed by atoms with van der Waals surface area (Å²) in [5, 5.41) is 5.72. The molecule has 0 radical (unpaired) electrons. The summed E-state index contributed by atoms with van der Waals surface area (Å²) in [6.45, 7) is 15.5. The Labute approximate surface area is 303 Å². The fraction of sp³-hybridized carbons (Fsp3) is 0.900. The molecule has 0 spiro atoms. The SMILES string of the molecule is CC(C)CCC[C@@H](C)[C@H]1CC[C@H]2[C@@H]3CC=C4C[C@@H](OC(=O)NCCOCCC(=O)NCCCCCCOP(C)(=O)O)CC[C@]4(C)[C@H]3CC[C@]12C. The molecule has 0 aliphatic heterocycles. The van der Waals surface area contributed by atoms with Gasteiger partial charge in [-0.2, -0.15) is 0 Å². The smallest absolute Gasteiger partial charge is 0.407 e. The summed E-state index contributed by atoms with van der Waals surface area (Å²) in [5.41, 5.74) is 2.27. The Bertz CT molecular complexity index is 1170. The maximum atomic E-state index is 12.6. The molecule has 3 saturated carbocycles. The van der Waals surface area contributed by atoms with Crippen molar-refractivity contribution in [2.75, 3.05) is 39.6 Å². The molecule has 0 heterocycles. The van der Waals surface area contributed by atoms with E-state index in [1.807, 2.05) is 0 Å². The van der Waals surface area contributed by atoms with Crippen LogP contribution in [0.3, 0.4) is 0 Å². The lowest BCUT2D eigenvalue weighted by atomic mass is 9.47. The minimum absolute atomic E-state index is 0.0580. The molecular weight excluding hydrogens is 651 g/mol. The number of allylic oxidation sites excluding steroid dienone is 1. The molecule has 0 aromatic rings. The number of hydrogen-bond acceptors (Lipinski definition) is 6. The Morgan fingerprint density at radius 1 is 0.920 bits per heavy atom. The van der Waals surface area contributed by atoms with Crippen LogP contribution in [0, 0.1) is 46.3 Å². The van der Waals surface area contributed by atoms with Crippen LogP contribution in [0.2, 0.25) is 0 Å². The van der Waals surface area contributed by atoms with Crippen LogP contribution in [0.1, 0.15) is 137 Å². The van der Waals surface area contributed by atoms with E-state index in [1.165, 1.54) is 63.6 Å². The van der Waals surface area contributed by atoms with Crippen LogP contribution >= 0.6 is 7.60 Å². The van der Waals surface area contributed by atoms with Crippen molar-refractivity contribution >= 4 is 19.6 Å². The second kappa shape index (κ2) is 19.1. The number of carbonyl (C=O) groups excluding carboxylic acids is 2. The summed E-state index contributed by atoms with van der Waals surface area (Å²) in [6, 6.07) is 0. The summed E-state index contributed by atoms with van der Waals surface area (Å²) in [7, 11) is -3.39. The van der Waals surface area contributed by atoms with Crippen molar-refractivity contribution in [3.8, 4) is 0 Å². The van der Waals surface area contributed by atoms with Crippen molar-refractivity contribution in [3.63, 3.8) is 0 Å². The van der Waals surface area contributed by atoms with Gasteiger partial charge in [0.1, 0.15) is 6.10 Å². The van der Waals surface area contributed by atoms with Crippen LogP contribution in [0.15, 0.2) is 11.6 Å². The average Bonchev–Trinajstić information content (AvgIpc) is 3.40. The molecule has 9 nitrogen and oxygen atoms in total. The van der Waals surface area contributed by atoms with Crippen molar-refractivity contribution in [3.05, 3.63) is 11.6 Å². The predicted molar refractivity (Wildman–Crippen MR) is 200 cm³/mol. The number of alkyl carbamates (subject to hydrolysis) is 1. The molecule has 4 rings (SSSR count). The van der Waals surface area contributed by atoms with E-state index >= 15 is 0 Å². The summed E-state index contributed by atoms with van der Waals surface area (Å²) in [4.78, 5) is 33.8. The Hall–Kier alpha value is -1.41. The third kappa shape index (κ3) is 11.5. The largest absolute Gasteiger partial charge is 0.446 e. The van der Waals surface area contributed by atoms with Crippen LogP contribution in [0.5, 0.6) is 0 Å². The second-order valence-electron chi connectivity index (χ2n) is 17.2. The summed E-state index contributed by atoms with van der Waals surface area (Å²) < 4.78 is 27.4. The number of unbranched alkanes of at least 4 members (excludes halogenated alkanes) is 3. The molecule has 4 aliphatic carbocycles. The molecule has 3 fully saturated rings. The van der Waals surface area contributed by atoms with Crippen LogP contribution in [0.25, 0.3) is 0 Å². The van der Waals surface area contributed by atoms with Gasteiger partial charge in [-0.05, 0) is 104 Å². The fourth-order valence-corrected chi connectivity index (χ4v) is 11.0. The number of fused-ring (bicyclic) bond motifs is 5. The number of rotatable bonds is 20. The summed E-state index contributed by atoms with van der Waals surface area (Å²) in [6.07, 6.45) is 19.5. The summed E-state index contributed by atoms with van der Waals surface area (Å²) in [5.74, 6) is 4.88. The first-order valence-electron chi connectivity index (χ1n) is 20.2. The van der Waals surface area contributed by atoms with E-state index in [0.29, 0.717) is 31.7 Å². The third-order valence-electron chi connectivity index (χ3n) is 13.2. The molecule has 1 unspecified atom stereocenters. The highest BCUT2D eigenvalue weighted by Crippen LogP contribution is 2.67. The quantitative estimate of drug-likeness (QED) is 0.0651. The topological polar surface area (TPSA) is 123 Å². The Morgan fingerprint density at radius 2 is 1.70 bits per heavy atom. The van der Waals surface area contributed by atoms with Gasteiger partial charge in [0.05, 0.1) is 19.8 Å². The minimum Gasteiger partial charge on any atom is -0.446 e. The zero-order valence-corrected chi connectivity index (χ0v) is 33.2. The van der Waals surface area contributed by atoms with E-state index in [1.54, 1.807) is 0 Å². The van der Waals surface area contributed by atoms with Crippen molar-refractivity contribution in [1.29, 1.82) is 0 Å². The van der Waals surface area contributed by atoms with Gasteiger partial charge in [-0.25, -0.2) is 4.79 Å². The molecular formula is C40H71N2O7P. The number of carbonyl (C=O) groups is 2. The fourth-order valence-electron chi connectivity index (χ4n) is 10.6. The van der Waals surface area contributed by atoms with E-state index in [0.717, 1.165) is 80.5 Å². The molecule has 0 bridgehead atoms. The first kappa shape index (κ1) is 41.3. The van der Waals surface area contributed by atoms with E-state index in [-0.39, 0.29) is 36.5 Å². The van der Waals surface area contributed by atoms with Gasteiger partial charge < -0.3 is 29.5 Å².